The average molecular weight is 141 g/mol. The first-order valence-electron chi connectivity index (χ1n) is 2.69. The van der Waals surface area contributed by atoms with Gasteiger partial charge in [-0.05, 0) is 10.4 Å². The zero-order chi connectivity index (χ0) is 7.23. The highest BCUT2D eigenvalue weighted by Crippen LogP contribution is 1.73. The lowest BCUT2D eigenvalue weighted by Crippen LogP contribution is -1.99. The van der Waals surface area contributed by atoms with Gasteiger partial charge in [0.15, 0.2) is 0 Å². The summed E-state index contributed by atoms with van der Waals surface area (Å²) in [6.45, 7) is 0.529. The van der Waals surface area contributed by atoms with E-state index in [0.717, 1.165) is 0 Å². The quantitative estimate of drug-likeness (QED) is 0.412. The third kappa shape index (κ3) is 1.81. The molecule has 0 aromatic carbocycles. The Morgan fingerprint density at radius 2 is 2.70 bits per heavy atom. The highest BCUT2D eigenvalue weighted by Gasteiger charge is 1.85. The van der Waals surface area contributed by atoms with Gasteiger partial charge in [0.1, 0.15) is 13.4 Å². The van der Waals surface area contributed by atoms with Gasteiger partial charge < -0.3 is 4.84 Å². The lowest BCUT2D eigenvalue weighted by molar-refractivity contribution is 0.214. The van der Waals surface area contributed by atoms with Crippen molar-refractivity contribution in [3.8, 4) is 0 Å². The molecule has 1 aromatic rings. The summed E-state index contributed by atoms with van der Waals surface area (Å²) in [5.74, 6) is 0. The molecule has 0 saturated heterocycles. The molecule has 0 aliphatic rings. The normalized spacial score (nSPS) is 10.5. The predicted molar refractivity (Wildman–Crippen MR) is 33.3 cm³/mol. The first kappa shape index (κ1) is 6.66. The van der Waals surface area contributed by atoms with E-state index in [1.807, 2.05) is 0 Å². The zero-order valence-electron chi connectivity index (χ0n) is 5.51. The predicted octanol–water partition coefficient (Wildman–Crippen LogP) is -0.695. The molecule has 6 heteroatoms. The number of hydrogen-bond acceptors (Lipinski definition) is 5. The third-order valence-electron chi connectivity index (χ3n) is 0.840. The van der Waals surface area contributed by atoms with Crippen LogP contribution in [-0.4, -0.2) is 33.5 Å². The molecule has 0 aliphatic heterocycles. The number of oxime groups is 1. The molecule has 54 valence electrons. The van der Waals surface area contributed by atoms with Crippen molar-refractivity contribution < 1.29 is 4.84 Å². The molecular formula is C4H7N5O. The van der Waals surface area contributed by atoms with Crippen LogP contribution >= 0.6 is 0 Å². The van der Waals surface area contributed by atoms with Crippen LogP contribution in [0.3, 0.4) is 0 Å². The van der Waals surface area contributed by atoms with Gasteiger partial charge in [0.25, 0.3) is 0 Å². The smallest absolute Gasteiger partial charge is 0.138 e. The second-order valence-corrected chi connectivity index (χ2v) is 1.50. The van der Waals surface area contributed by atoms with Crippen molar-refractivity contribution in [3.05, 3.63) is 6.33 Å². The minimum Gasteiger partial charge on any atom is -0.399 e. The summed E-state index contributed by atoms with van der Waals surface area (Å²) < 4.78 is 1.53. The fraction of sp³-hybridized carbons (Fsp3) is 0.500. The van der Waals surface area contributed by atoms with Crippen molar-refractivity contribution in [3.63, 3.8) is 0 Å². The third-order valence-corrected chi connectivity index (χ3v) is 0.840. The van der Waals surface area contributed by atoms with Crippen LogP contribution < -0.4 is 0 Å². The van der Waals surface area contributed by atoms with Crippen LogP contribution in [-0.2, 0) is 11.4 Å². The minimum atomic E-state index is 0.529. The van der Waals surface area contributed by atoms with Crippen LogP contribution in [0.25, 0.3) is 0 Å². The fourth-order valence-electron chi connectivity index (χ4n) is 0.455. The number of rotatable bonds is 3. The number of aromatic nitrogens is 4. The van der Waals surface area contributed by atoms with Crippen molar-refractivity contribution in [1.82, 2.24) is 20.2 Å². The van der Waals surface area contributed by atoms with Crippen LogP contribution in [0.4, 0.5) is 0 Å². The first-order chi connectivity index (χ1) is 4.93. The molecular weight excluding hydrogens is 134 g/mol. The molecule has 0 saturated carbocycles. The molecule has 0 fully saturated rings. The monoisotopic (exact) mass is 141 g/mol. The Balaban J connectivity index is 2.34. The van der Waals surface area contributed by atoms with Crippen LogP contribution in [0.5, 0.6) is 0 Å². The highest BCUT2D eigenvalue weighted by molar-refractivity contribution is 5.55. The SMILES string of the molecule is CON=CCn1cnnn1. The van der Waals surface area contributed by atoms with E-state index >= 15 is 0 Å². The number of tetrazole rings is 1. The molecule has 0 unspecified atom stereocenters. The Hall–Kier alpha value is -1.46. The van der Waals surface area contributed by atoms with E-state index in [-0.39, 0.29) is 0 Å². The summed E-state index contributed by atoms with van der Waals surface area (Å²) in [4.78, 5) is 4.43. The Bertz CT molecular complexity index is 193. The van der Waals surface area contributed by atoms with Gasteiger partial charge in [0, 0.05) is 0 Å². The molecule has 0 bridgehead atoms. The minimum absolute atomic E-state index is 0.529. The summed E-state index contributed by atoms with van der Waals surface area (Å²) in [5.41, 5.74) is 0. The summed E-state index contributed by atoms with van der Waals surface area (Å²) >= 11 is 0. The van der Waals surface area contributed by atoms with E-state index in [2.05, 4.69) is 25.5 Å². The maximum atomic E-state index is 4.43. The summed E-state index contributed by atoms with van der Waals surface area (Å²) in [7, 11) is 1.48. The second kappa shape index (κ2) is 3.54. The lowest BCUT2D eigenvalue weighted by atomic mass is 10.7. The van der Waals surface area contributed by atoms with Gasteiger partial charge in [-0.15, -0.1) is 5.10 Å². The molecule has 0 amide bonds. The highest BCUT2D eigenvalue weighted by atomic mass is 16.6. The van der Waals surface area contributed by atoms with Gasteiger partial charge >= 0.3 is 0 Å². The Morgan fingerprint density at radius 3 is 3.30 bits per heavy atom. The van der Waals surface area contributed by atoms with Crippen molar-refractivity contribution in [2.75, 3.05) is 7.11 Å². The maximum absolute atomic E-state index is 4.43. The standard InChI is InChI=1S/C4H7N5O/c1-10-6-2-3-9-4-5-7-8-9/h2,4H,3H2,1H3. The van der Waals surface area contributed by atoms with Gasteiger partial charge in [-0.2, -0.15) is 0 Å². The van der Waals surface area contributed by atoms with Gasteiger partial charge in [-0.25, -0.2) is 4.68 Å². The van der Waals surface area contributed by atoms with E-state index in [0.29, 0.717) is 6.54 Å². The largest absolute Gasteiger partial charge is 0.399 e. The molecule has 0 N–H and O–H groups in total. The average Bonchev–Trinajstić information content (AvgIpc) is 2.41. The lowest BCUT2D eigenvalue weighted by Gasteiger charge is -1.88. The van der Waals surface area contributed by atoms with E-state index in [9.17, 15) is 0 Å². The number of nitrogens with zero attached hydrogens (tertiary/aromatic N) is 5. The van der Waals surface area contributed by atoms with E-state index in [1.165, 1.54) is 18.1 Å². The van der Waals surface area contributed by atoms with Crippen LogP contribution in [0.15, 0.2) is 11.5 Å². The van der Waals surface area contributed by atoms with E-state index < -0.39 is 0 Å². The van der Waals surface area contributed by atoms with E-state index in [1.54, 1.807) is 6.21 Å². The van der Waals surface area contributed by atoms with Crippen LogP contribution in [0, 0.1) is 0 Å². The van der Waals surface area contributed by atoms with E-state index in [4.69, 9.17) is 0 Å². The molecule has 0 radical (unpaired) electrons. The zero-order valence-corrected chi connectivity index (χ0v) is 5.51. The molecule has 0 aliphatic carbocycles. The van der Waals surface area contributed by atoms with Crippen LogP contribution in [0.1, 0.15) is 0 Å². The molecule has 6 nitrogen and oxygen atoms in total. The summed E-state index contributed by atoms with van der Waals surface area (Å²) in [6.07, 6.45) is 3.07. The van der Waals surface area contributed by atoms with Gasteiger partial charge in [0.2, 0.25) is 0 Å². The van der Waals surface area contributed by atoms with Gasteiger partial charge in [0.05, 0.1) is 12.8 Å². The van der Waals surface area contributed by atoms with Crippen molar-refractivity contribution in [2.24, 2.45) is 5.16 Å². The first-order valence-corrected chi connectivity index (χ1v) is 2.69. The Kier molecular flexibility index (Phi) is 2.36. The molecule has 1 rings (SSSR count). The Morgan fingerprint density at radius 1 is 1.80 bits per heavy atom. The topological polar surface area (TPSA) is 65.2 Å². The van der Waals surface area contributed by atoms with Gasteiger partial charge in [-0.3, -0.25) is 0 Å². The number of hydrogen-bond donors (Lipinski definition) is 0. The Labute approximate surface area is 57.5 Å². The molecule has 1 aromatic heterocycles. The fourth-order valence-corrected chi connectivity index (χ4v) is 0.455. The summed E-state index contributed by atoms with van der Waals surface area (Å²) in [6, 6.07) is 0. The second-order valence-electron chi connectivity index (χ2n) is 1.50. The van der Waals surface area contributed by atoms with Crippen LogP contribution in [0.2, 0.25) is 0 Å². The van der Waals surface area contributed by atoms with Gasteiger partial charge in [-0.1, -0.05) is 5.16 Å². The summed E-state index contributed by atoms with van der Waals surface area (Å²) in [5, 5.41) is 14.0. The maximum Gasteiger partial charge on any atom is 0.138 e. The molecule has 0 atom stereocenters. The van der Waals surface area contributed by atoms with Crippen molar-refractivity contribution in [2.45, 2.75) is 6.54 Å². The molecule has 10 heavy (non-hydrogen) atoms. The van der Waals surface area contributed by atoms with Crippen molar-refractivity contribution in [1.29, 1.82) is 0 Å². The molecule has 1 heterocycles. The molecule has 0 spiro atoms. The van der Waals surface area contributed by atoms with Crippen molar-refractivity contribution >= 4 is 6.21 Å².